The maximum Gasteiger partial charge on any atom is 0.366 e. The summed E-state index contributed by atoms with van der Waals surface area (Å²) in [4.78, 5) is 12.8. The Labute approximate surface area is 139 Å². The van der Waals surface area contributed by atoms with Gasteiger partial charge < -0.3 is 15.7 Å². The summed E-state index contributed by atoms with van der Waals surface area (Å²) < 4.78 is 0. The fraction of sp³-hybridized carbons (Fsp3) is 0.500. The summed E-state index contributed by atoms with van der Waals surface area (Å²) in [6, 6.07) is 6.07. The second-order valence-corrected chi connectivity index (χ2v) is 6.55. The van der Waals surface area contributed by atoms with Crippen molar-refractivity contribution in [2.24, 2.45) is 5.73 Å². The molecule has 1 aromatic carbocycles. The van der Waals surface area contributed by atoms with E-state index in [1.807, 2.05) is 25.1 Å². The summed E-state index contributed by atoms with van der Waals surface area (Å²) in [5, 5.41) is 7.34. The molecule has 118 valence electrons. The number of halogens is 2. The maximum atomic E-state index is 10.7. The molecule has 0 bridgehead atoms. The SMILES string of the molecule is Cc1ccc(N(CCCl)CCCl)cc1C[C@H](N)SC(=O)O. The third-order valence-corrected chi connectivity index (χ3v) is 4.09. The summed E-state index contributed by atoms with van der Waals surface area (Å²) in [7, 11) is 0. The molecule has 0 heterocycles. The molecule has 0 unspecified atom stereocenters. The zero-order chi connectivity index (χ0) is 15.8. The van der Waals surface area contributed by atoms with Gasteiger partial charge in [0.1, 0.15) is 0 Å². The van der Waals surface area contributed by atoms with Crippen molar-refractivity contribution in [3.05, 3.63) is 29.3 Å². The molecular weight excluding hydrogens is 331 g/mol. The number of alkyl halides is 2. The molecule has 0 fully saturated rings. The van der Waals surface area contributed by atoms with Crippen molar-refractivity contribution in [2.75, 3.05) is 29.7 Å². The lowest BCUT2D eigenvalue weighted by atomic mass is 10.0. The van der Waals surface area contributed by atoms with Crippen LogP contribution in [0, 0.1) is 6.92 Å². The normalized spacial score (nSPS) is 12.2. The van der Waals surface area contributed by atoms with Crippen molar-refractivity contribution in [3.8, 4) is 0 Å². The monoisotopic (exact) mass is 350 g/mol. The van der Waals surface area contributed by atoms with Crippen LogP contribution in [0.4, 0.5) is 10.5 Å². The van der Waals surface area contributed by atoms with Crippen LogP contribution in [0.15, 0.2) is 18.2 Å². The molecule has 0 spiro atoms. The summed E-state index contributed by atoms with van der Waals surface area (Å²) in [6.45, 7) is 3.42. The van der Waals surface area contributed by atoms with E-state index in [1.54, 1.807) is 0 Å². The Balaban J connectivity index is 2.89. The summed E-state index contributed by atoms with van der Waals surface area (Å²) >= 11 is 12.4. The molecule has 0 aliphatic heterocycles. The number of rotatable bonds is 8. The van der Waals surface area contributed by atoms with Crippen LogP contribution in [0.1, 0.15) is 11.1 Å². The van der Waals surface area contributed by atoms with E-state index >= 15 is 0 Å². The van der Waals surface area contributed by atoms with Gasteiger partial charge in [0.05, 0.1) is 5.37 Å². The van der Waals surface area contributed by atoms with Gasteiger partial charge >= 0.3 is 5.30 Å². The van der Waals surface area contributed by atoms with E-state index in [1.165, 1.54) is 0 Å². The molecule has 0 amide bonds. The van der Waals surface area contributed by atoms with Gasteiger partial charge in [-0.25, -0.2) is 4.79 Å². The molecule has 0 aromatic heterocycles. The lowest BCUT2D eigenvalue weighted by Crippen LogP contribution is -2.28. The fourth-order valence-corrected chi connectivity index (χ4v) is 2.97. The Morgan fingerprint density at radius 1 is 1.38 bits per heavy atom. The van der Waals surface area contributed by atoms with Gasteiger partial charge in [0, 0.05) is 30.5 Å². The topological polar surface area (TPSA) is 66.6 Å². The average Bonchev–Trinajstić information content (AvgIpc) is 2.40. The molecule has 21 heavy (non-hydrogen) atoms. The van der Waals surface area contributed by atoms with Crippen LogP contribution in [0.2, 0.25) is 0 Å². The predicted octanol–water partition coefficient (Wildman–Crippen LogP) is 3.52. The van der Waals surface area contributed by atoms with E-state index in [-0.39, 0.29) is 0 Å². The number of nitrogens with two attached hydrogens (primary N) is 1. The molecule has 1 rings (SSSR count). The Bertz CT molecular complexity index is 468. The van der Waals surface area contributed by atoms with Crippen molar-refractivity contribution in [1.82, 2.24) is 0 Å². The first kappa shape index (κ1) is 18.4. The number of thioether (sulfide) groups is 1. The lowest BCUT2D eigenvalue weighted by molar-refractivity contribution is 0.222. The molecule has 0 radical (unpaired) electrons. The minimum absolute atomic E-state index is 0.467. The lowest BCUT2D eigenvalue weighted by Gasteiger charge is -2.24. The number of carbonyl (C=O) groups is 1. The smallest absolute Gasteiger partial charge is 0.366 e. The van der Waals surface area contributed by atoms with Crippen LogP contribution in [0.5, 0.6) is 0 Å². The average molecular weight is 351 g/mol. The summed E-state index contributed by atoms with van der Waals surface area (Å²) in [5.41, 5.74) is 9.02. The van der Waals surface area contributed by atoms with Crippen LogP contribution >= 0.6 is 35.0 Å². The van der Waals surface area contributed by atoms with E-state index in [4.69, 9.17) is 34.0 Å². The first-order chi connectivity index (χ1) is 9.97. The molecular formula is C14H20Cl2N2O2S. The minimum Gasteiger partial charge on any atom is -0.473 e. The number of carboxylic acid groups (broad SMARTS) is 1. The molecule has 0 aliphatic rings. The van der Waals surface area contributed by atoms with Crippen molar-refractivity contribution in [1.29, 1.82) is 0 Å². The number of hydrogen-bond acceptors (Lipinski definition) is 4. The first-order valence-corrected chi connectivity index (χ1v) is 8.54. The van der Waals surface area contributed by atoms with E-state index in [0.717, 1.165) is 28.6 Å². The van der Waals surface area contributed by atoms with Gasteiger partial charge in [-0.1, -0.05) is 6.07 Å². The van der Waals surface area contributed by atoms with Crippen molar-refractivity contribution in [2.45, 2.75) is 18.7 Å². The third-order valence-electron chi connectivity index (χ3n) is 3.08. The summed E-state index contributed by atoms with van der Waals surface area (Å²) in [6.07, 6.45) is 0.506. The Morgan fingerprint density at radius 2 is 2.00 bits per heavy atom. The number of hydrogen-bond donors (Lipinski definition) is 2. The molecule has 4 nitrogen and oxygen atoms in total. The molecule has 1 atom stereocenters. The fourth-order valence-electron chi connectivity index (χ4n) is 2.04. The van der Waals surface area contributed by atoms with Gasteiger partial charge in [0.25, 0.3) is 0 Å². The van der Waals surface area contributed by atoms with Gasteiger partial charge in [-0.3, -0.25) is 0 Å². The quantitative estimate of drug-likeness (QED) is 0.554. The van der Waals surface area contributed by atoms with Crippen LogP contribution in [0.25, 0.3) is 0 Å². The Kier molecular flexibility index (Phi) is 8.26. The zero-order valence-electron chi connectivity index (χ0n) is 11.9. The van der Waals surface area contributed by atoms with Crippen LogP contribution in [0.3, 0.4) is 0 Å². The van der Waals surface area contributed by atoms with Gasteiger partial charge in [-0.2, -0.15) is 0 Å². The number of benzene rings is 1. The van der Waals surface area contributed by atoms with Gasteiger partial charge in [-0.05, 0) is 48.4 Å². The van der Waals surface area contributed by atoms with Crippen molar-refractivity contribution >= 4 is 46.0 Å². The Morgan fingerprint density at radius 3 is 2.52 bits per heavy atom. The standard InChI is InChI=1S/C14H20Cl2N2O2S/c1-10-2-3-12(18(6-4-15)7-5-16)8-11(10)9-13(17)21-14(19)20/h2-3,8,13H,4-7,9,17H2,1H3,(H,19,20)/t13-/m1/s1. The van der Waals surface area contributed by atoms with Crippen LogP contribution in [-0.2, 0) is 6.42 Å². The van der Waals surface area contributed by atoms with E-state index in [9.17, 15) is 4.79 Å². The number of anilines is 1. The van der Waals surface area contributed by atoms with Gasteiger partial charge in [0.2, 0.25) is 0 Å². The Hall–Kier alpha value is -0.620. The minimum atomic E-state index is -0.956. The van der Waals surface area contributed by atoms with Crippen LogP contribution in [-0.4, -0.2) is 40.6 Å². The predicted molar refractivity (Wildman–Crippen MR) is 92.1 cm³/mol. The molecule has 0 saturated heterocycles. The van der Waals surface area contributed by atoms with Gasteiger partial charge in [0.15, 0.2) is 0 Å². The highest BCUT2D eigenvalue weighted by molar-refractivity contribution is 8.13. The van der Waals surface area contributed by atoms with Crippen molar-refractivity contribution in [3.63, 3.8) is 0 Å². The van der Waals surface area contributed by atoms with Gasteiger partial charge in [-0.15, -0.1) is 23.2 Å². The highest BCUT2D eigenvalue weighted by Crippen LogP contribution is 2.22. The highest BCUT2D eigenvalue weighted by Gasteiger charge is 2.13. The maximum absolute atomic E-state index is 10.7. The largest absolute Gasteiger partial charge is 0.473 e. The summed E-state index contributed by atoms with van der Waals surface area (Å²) in [5.74, 6) is 1.04. The zero-order valence-corrected chi connectivity index (χ0v) is 14.2. The highest BCUT2D eigenvalue weighted by atomic mass is 35.5. The van der Waals surface area contributed by atoms with Crippen molar-refractivity contribution < 1.29 is 9.90 Å². The molecule has 7 heteroatoms. The third kappa shape index (κ3) is 6.34. The second kappa shape index (κ2) is 9.41. The van der Waals surface area contributed by atoms with E-state index in [0.29, 0.717) is 31.3 Å². The van der Waals surface area contributed by atoms with Crippen LogP contribution < -0.4 is 10.6 Å². The molecule has 0 aliphatic carbocycles. The molecule has 0 saturated carbocycles. The molecule has 1 aromatic rings. The van der Waals surface area contributed by atoms with E-state index < -0.39 is 10.7 Å². The van der Waals surface area contributed by atoms with E-state index in [2.05, 4.69) is 4.90 Å². The molecule has 3 N–H and O–H groups in total. The number of aryl methyl sites for hydroxylation is 1. The number of nitrogens with zero attached hydrogens (tertiary/aromatic N) is 1. The second-order valence-electron chi connectivity index (χ2n) is 4.60. The first-order valence-electron chi connectivity index (χ1n) is 6.59.